The van der Waals surface area contributed by atoms with Crippen LogP contribution in [-0.2, 0) is 4.74 Å². The second-order valence-electron chi connectivity index (χ2n) is 7.19. The third kappa shape index (κ3) is 3.90. The number of halogens is 1. The molecule has 2 heterocycles. The van der Waals surface area contributed by atoms with Gasteiger partial charge in [-0.1, -0.05) is 36.4 Å². The first-order chi connectivity index (χ1) is 15.2. The highest BCUT2D eigenvalue weighted by atomic mass is 19.1. The molecular formula is C24H18FN3O3. The van der Waals surface area contributed by atoms with Gasteiger partial charge in [0.25, 0.3) is 0 Å². The summed E-state index contributed by atoms with van der Waals surface area (Å²) in [6, 6.07) is 20.8. The molecule has 0 saturated carbocycles. The molecule has 0 aliphatic carbocycles. The van der Waals surface area contributed by atoms with E-state index in [4.69, 9.17) is 9.47 Å². The van der Waals surface area contributed by atoms with Crippen molar-refractivity contribution in [1.82, 2.24) is 9.97 Å². The van der Waals surface area contributed by atoms with Gasteiger partial charge in [0.2, 0.25) is 0 Å². The summed E-state index contributed by atoms with van der Waals surface area (Å²) in [6.07, 6.45) is 0. The van der Waals surface area contributed by atoms with Crippen molar-refractivity contribution < 1.29 is 18.7 Å². The summed E-state index contributed by atoms with van der Waals surface area (Å²) >= 11 is 0. The quantitative estimate of drug-likeness (QED) is 0.470. The van der Waals surface area contributed by atoms with Gasteiger partial charge < -0.3 is 14.8 Å². The van der Waals surface area contributed by atoms with Gasteiger partial charge in [0.1, 0.15) is 18.2 Å². The second kappa shape index (κ2) is 8.02. The Morgan fingerprint density at radius 1 is 1.03 bits per heavy atom. The van der Waals surface area contributed by atoms with Crippen LogP contribution in [0.15, 0.2) is 72.8 Å². The maximum Gasteiger partial charge on any atom is 0.360 e. The molecule has 1 aliphatic rings. The average Bonchev–Trinajstić information content (AvgIpc) is 3.20. The average molecular weight is 415 g/mol. The van der Waals surface area contributed by atoms with Crippen LogP contribution in [-0.4, -0.2) is 29.2 Å². The first-order valence-corrected chi connectivity index (χ1v) is 9.85. The molecule has 0 saturated heterocycles. The lowest BCUT2D eigenvalue weighted by Gasteiger charge is -2.13. The molecule has 1 N–H and O–H groups in total. The monoisotopic (exact) mass is 415 g/mol. The minimum absolute atomic E-state index is 0.0372. The highest BCUT2D eigenvalue weighted by Gasteiger charge is 2.26. The maximum atomic E-state index is 13.6. The molecule has 5 rings (SSSR count). The fraction of sp³-hybridized carbons (Fsp3) is 0.125. The minimum Gasteiger partial charge on any atom is -0.493 e. The Labute approximate surface area is 177 Å². The van der Waals surface area contributed by atoms with E-state index >= 15 is 0 Å². The lowest BCUT2D eigenvalue weighted by Crippen LogP contribution is -2.17. The molecule has 1 atom stereocenters. The maximum absolute atomic E-state index is 13.6. The van der Waals surface area contributed by atoms with Crippen LogP contribution in [0.5, 0.6) is 5.75 Å². The number of nitrogens with zero attached hydrogens (tertiary/aromatic N) is 2. The van der Waals surface area contributed by atoms with Crippen LogP contribution in [0.2, 0.25) is 0 Å². The number of nitrogens with one attached hydrogen (secondary N) is 1. The van der Waals surface area contributed by atoms with E-state index in [1.807, 2.05) is 36.4 Å². The molecule has 0 bridgehead atoms. The van der Waals surface area contributed by atoms with Gasteiger partial charge in [-0.25, -0.2) is 19.2 Å². The third-order valence-electron chi connectivity index (χ3n) is 5.07. The van der Waals surface area contributed by atoms with Gasteiger partial charge in [-0.2, -0.15) is 0 Å². The van der Waals surface area contributed by atoms with Crippen LogP contribution in [0.3, 0.4) is 0 Å². The SMILES string of the molecule is O=C(OCC1COc2ccccc21)c1nc2ccccc2nc1Nc1cccc(F)c1. The summed E-state index contributed by atoms with van der Waals surface area (Å²) in [5, 5.41) is 2.99. The zero-order valence-electron chi connectivity index (χ0n) is 16.4. The van der Waals surface area contributed by atoms with Crippen molar-refractivity contribution in [2.24, 2.45) is 0 Å². The molecule has 154 valence electrons. The molecule has 0 spiro atoms. The van der Waals surface area contributed by atoms with E-state index in [1.165, 1.54) is 12.1 Å². The second-order valence-corrected chi connectivity index (χ2v) is 7.19. The van der Waals surface area contributed by atoms with Crippen LogP contribution in [0.1, 0.15) is 22.0 Å². The Hall–Kier alpha value is -4.00. The predicted octanol–water partition coefficient (Wildman–Crippen LogP) is 4.85. The number of ether oxygens (including phenoxy) is 2. The Morgan fingerprint density at radius 3 is 2.65 bits per heavy atom. The van der Waals surface area contributed by atoms with Gasteiger partial charge >= 0.3 is 5.97 Å². The molecule has 0 radical (unpaired) electrons. The Kier molecular flexibility index (Phi) is 4.92. The van der Waals surface area contributed by atoms with Crippen molar-refractivity contribution in [2.45, 2.75) is 5.92 Å². The molecule has 0 fully saturated rings. The van der Waals surface area contributed by atoms with Crippen molar-refractivity contribution in [3.63, 3.8) is 0 Å². The van der Waals surface area contributed by atoms with Gasteiger partial charge in [0.05, 0.1) is 23.6 Å². The highest BCUT2D eigenvalue weighted by molar-refractivity contribution is 5.96. The minimum atomic E-state index is -0.610. The zero-order valence-corrected chi connectivity index (χ0v) is 16.4. The molecule has 0 amide bonds. The van der Waals surface area contributed by atoms with Crippen LogP contribution < -0.4 is 10.1 Å². The summed E-state index contributed by atoms with van der Waals surface area (Å²) in [5.41, 5.74) is 2.68. The predicted molar refractivity (Wildman–Crippen MR) is 114 cm³/mol. The van der Waals surface area contributed by atoms with Crippen LogP contribution in [0, 0.1) is 5.82 Å². The van der Waals surface area contributed by atoms with Gasteiger partial charge in [0, 0.05) is 11.3 Å². The smallest absolute Gasteiger partial charge is 0.360 e. The number of anilines is 2. The number of rotatable bonds is 5. The fourth-order valence-corrected chi connectivity index (χ4v) is 3.54. The van der Waals surface area contributed by atoms with Gasteiger partial charge in [-0.15, -0.1) is 0 Å². The lowest BCUT2D eigenvalue weighted by molar-refractivity contribution is 0.0465. The summed E-state index contributed by atoms with van der Waals surface area (Å²) in [5.74, 6) is -0.0441. The topological polar surface area (TPSA) is 73.3 Å². The molecule has 31 heavy (non-hydrogen) atoms. The third-order valence-corrected chi connectivity index (χ3v) is 5.07. The molecule has 1 aromatic heterocycles. The Morgan fingerprint density at radius 2 is 1.81 bits per heavy atom. The first-order valence-electron chi connectivity index (χ1n) is 9.85. The van der Waals surface area contributed by atoms with Gasteiger partial charge in [-0.05, 0) is 36.4 Å². The number of carbonyl (C=O) groups excluding carboxylic acids is 1. The van der Waals surface area contributed by atoms with Crippen molar-refractivity contribution in [1.29, 1.82) is 0 Å². The number of hydrogen-bond donors (Lipinski definition) is 1. The number of aromatic nitrogens is 2. The van der Waals surface area contributed by atoms with Crippen molar-refractivity contribution in [3.8, 4) is 5.75 Å². The molecule has 1 aliphatic heterocycles. The van der Waals surface area contributed by atoms with E-state index < -0.39 is 11.8 Å². The summed E-state index contributed by atoms with van der Waals surface area (Å²) < 4.78 is 24.9. The van der Waals surface area contributed by atoms with E-state index in [0.717, 1.165) is 11.3 Å². The highest BCUT2D eigenvalue weighted by Crippen LogP contribution is 2.33. The molecule has 3 aromatic carbocycles. The standard InChI is InChI=1S/C24H18FN3O3/c25-16-6-5-7-17(12-16)26-23-22(27-19-9-2-3-10-20(19)28-23)24(29)31-14-15-13-30-21-11-4-1-8-18(15)21/h1-12,15H,13-14H2,(H,26,28). The Balaban J connectivity index is 1.42. The normalized spacial score (nSPS) is 14.7. The molecule has 4 aromatic rings. The summed E-state index contributed by atoms with van der Waals surface area (Å²) in [6.45, 7) is 0.605. The number of para-hydroxylation sites is 3. The van der Waals surface area contributed by atoms with E-state index in [2.05, 4.69) is 15.3 Å². The number of carbonyl (C=O) groups is 1. The first kappa shape index (κ1) is 19.0. The number of fused-ring (bicyclic) bond motifs is 2. The molecule has 7 heteroatoms. The van der Waals surface area contributed by atoms with Gasteiger partial charge in [-0.3, -0.25) is 0 Å². The lowest BCUT2D eigenvalue weighted by atomic mass is 10.0. The van der Waals surface area contributed by atoms with Crippen LogP contribution >= 0.6 is 0 Å². The molecular weight excluding hydrogens is 397 g/mol. The molecule has 6 nitrogen and oxygen atoms in total. The zero-order chi connectivity index (χ0) is 21.2. The van der Waals surface area contributed by atoms with E-state index in [1.54, 1.807) is 24.3 Å². The largest absolute Gasteiger partial charge is 0.493 e. The number of esters is 1. The fourth-order valence-electron chi connectivity index (χ4n) is 3.54. The molecule has 1 unspecified atom stereocenters. The number of benzene rings is 3. The summed E-state index contributed by atoms with van der Waals surface area (Å²) in [4.78, 5) is 21.9. The van der Waals surface area contributed by atoms with Crippen LogP contribution in [0.4, 0.5) is 15.9 Å². The van der Waals surface area contributed by atoms with Crippen LogP contribution in [0.25, 0.3) is 11.0 Å². The van der Waals surface area contributed by atoms with Gasteiger partial charge in [0.15, 0.2) is 11.5 Å². The van der Waals surface area contributed by atoms with Crippen molar-refractivity contribution >= 4 is 28.5 Å². The van der Waals surface area contributed by atoms with E-state index in [9.17, 15) is 9.18 Å². The van der Waals surface area contributed by atoms with Crippen molar-refractivity contribution in [3.05, 3.63) is 89.9 Å². The van der Waals surface area contributed by atoms with E-state index in [0.29, 0.717) is 23.3 Å². The van der Waals surface area contributed by atoms with E-state index in [-0.39, 0.29) is 24.0 Å². The number of hydrogen-bond acceptors (Lipinski definition) is 6. The van der Waals surface area contributed by atoms with Crippen molar-refractivity contribution in [2.75, 3.05) is 18.5 Å². The Bertz CT molecular complexity index is 1280. The summed E-state index contributed by atoms with van der Waals surface area (Å²) in [7, 11) is 0.